The van der Waals surface area contributed by atoms with Crippen molar-refractivity contribution in [2.45, 2.75) is 6.42 Å². The fraction of sp³-hybridized carbons (Fsp3) is 0.294. The average molecular weight is 459 g/mol. The van der Waals surface area contributed by atoms with E-state index >= 15 is 0 Å². The summed E-state index contributed by atoms with van der Waals surface area (Å²) in [4.78, 5) is 22.3. The molecule has 3 rings (SSSR count). The lowest BCUT2D eigenvalue weighted by molar-refractivity contribution is 0.0990. The first-order chi connectivity index (χ1) is 11.9. The summed E-state index contributed by atoms with van der Waals surface area (Å²) in [6, 6.07) is 9.35. The minimum Gasteiger partial charge on any atom is -0.309 e. The van der Waals surface area contributed by atoms with Crippen LogP contribution >= 0.6 is 50.2 Å². The van der Waals surface area contributed by atoms with E-state index in [0.29, 0.717) is 21.6 Å². The molecule has 1 aromatic carbocycles. The molecule has 0 radical (unpaired) electrons. The third kappa shape index (κ3) is 4.60. The van der Waals surface area contributed by atoms with Crippen molar-refractivity contribution < 1.29 is 4.79 Å². The number of nitrogens with zero attached hydrogens (tertiary/aromatic N) is 3. The second-order valence-corrected chi connectivity index (χ2v) is 9.73. The van der Waals surface area contributed by atoms with Crippen LogP contribution in [0.5, 0.6) is 0 Å². The number of aromatic nitrogens is 1. The summed E-state index contributed by atoms with van der Waals surface area (Å²) in [5.74, 6) is -0.0143. The van der Waals surface area contributed by atoms with Crippen molar-refractivity contribution in [2.24, 2.45) is 0 Å². The van der Waals surface area contributed by atoms with Crippen LogP contribution in [0.3, 0.4) is 0 Å². The fourth-order valence-electron chi connectivity index (χ4n) is 2.39. The highest BCUT2D eigenvalue weighted by atomic mass is 79.9. The SMILES string of the molecule is CN(C)CCCN(C(=O)c1ccc(Br)s1)c1nc2ccc(Cl)cc2s1. The molecule has 2 heterocycles. The zero-order chi connectivity index (χ0) is 18.0. The van der Waals surface area contributed by atoms with E-state index in [4.69, 9.17) is 11.6 Å². The van der Waals surface area contributed by atoms with Gasteiger partial charge in [0.1, 0.15) is 0 Å². The number of carbonyl (C=O) groups is 1. The molecule has 0 aliphatic heterocycles. The summed E-state index contributed by atoms with van der Waals surface area (Å²) < 4.78 is 1.93. The number of hydrogen-bond donors (Lipinski definition) is 0. The van der Waals surface area contributed by atoms with Gasteiger partial charge in [-0.15, -0.1) is 11.3 Å². The second kappa shape index (κ2) is 8.14. The van der Waals surface area contributed by atoms with Crippen LogP contribution < -0.4 is 4.90 Å². The predicted molar refractivity (Wildman–Crippen MR) is 111 cm³/mol. The maximum absolute atomic E-state index is 13.0. The smallest absolute Gasteiger partial charge is 0.270 e. The summed E-state index contributed by atoms with van der Waals surface area (Å²) >= 11 is 12.4. The maximum atomic E-state index is 13.0. The zero-order valence-electron chi connectivity index (χ0n) is 13.8. The molecular formula is C17H17BrClN3OS2. The first kappa shape index (κ1) is 18.8. The van der Waals surface area contributed by atoms with E-state index in [1.165, 1.54) is 22.7 Å². The molecule has 0 aliphatic carbocycles. The second-order valence-electron chi connectivity index (χ2n) is 5.83. The Morgan fingerprint density at radius 2 is 2.00 bits per heavy atom. The van der Waals surface area contributed by atoms with E-state index in [0.717, 1.165) is 27.0 Å². The van der Waals surface area contributed by atoms with E-state index in [1.807, 2.05) is 44.4 Å². The number of anilines is 1. The van der Waals surface area contributed by atoms with Crippen molar-refractivity contribution in [3.05, 3.63) is 44.0 Å². The van der Waals surface area contributed by atoms with Crippen LogP contribution in [0.15, 0.2) is 34.1 Å². The largest absolute Gasteiger partial charge is 0.309 e. The van der Waals surface area contributed by atoms with Gasteiger partial charge in [-0.25, -0.2) is 4.98 Å². The predicted octanol–water partition coefficient (Wildman–Crippen LogP) is 5.37. The molecule has 0 N–H and O–H groups in total. The molecule has 132 valence electrons. The number of thiazole rings is 1. The van der Waals surface area contributed by atoms with E-state index in [1.54, 1.807) is 4.90 Å². The Labute approximate surface area is 168 Å². The number of thiophene rings is 1. The third-order valence-corrected chi connectivity index (χ3v) is 6.47. The van der Waals surface area contributed by atoms with E-state index in [-0.39, 0.29) is 5.91 Å². The Bertz CT molecular complexity index is 893. The topological polar surface area (TPSA) is 36.4 Å². The number of benzene rings is 1. The number of halogens is 2. The summed E-state index contributed by atoms with van der Waals surface area (Å²) in [5.41, 5.74) is 0.863. The molecule has 0 aliphatic rings. The van der Waals surface area contributed by atoms with Crippen molar-refractivity contribution >= 4 is 71.5 Å². The summed E-state index contributed by atoms with van der Waals surface area (Å²) in [5, 5.41) is 1.39. The van der Waals surface area contributed by atoms with Gasteiger partial charge >= 0.3 is 0 Å². The standard InChI is InChI=1S/C17H17BrClN3OS2/c1-21(2)8-3-9-22(16(23)13-6-7-15(18)24-13)17-20-12-5-4-11(19)10-14(12)25-17/h4-7,10H,3,8-9H2,1-2H3. The van der Waals surface area contributed by atoms with Crippen LogP contribution in [0.2, 0.25) is 5.02 Å². The molecule has 8 heteroatoms. The molecule has 3 aromatic rings. The Morgan fingerprint density at radius 3 is 2.68 bits per heavy atom. The van der Waals surface area contributed by atoms with Crippen LogP contribution in [0.25, 0.3) is 10.2 Å². The summed E-state index contributed by atoms with van der Waals surface area (Å²) in [7, 11) is 4.06. The lowest BCUT2D eigenvalue weighted by Crippen LogP contribution is -2.32. The molecule has 0 atom stereocenters. The first-order valence-electron chi connectivity index (χ1n) is 7.72. The van der Waals surface area contributed by atoms with Gasteiger partial charge in [-0.2, -0.15) is 0 Å². The van der Waals surface area contributed by atoms with Crippen molar-refractivity contribution in [3.8, 4) is 0 Å². The fourth-order valence-corrected chi connectivity index (χ4v) is 4.99. The van der Waals surface area contributed by atoms with Crippen LogP contribution in [0, 0.1) is 0 Å². The first-order valence-corrected chi connectivity index (χ1v) is 10.5. The van der Waals surface area contributed by atoms with Crippen LogP contribution in [0.1, 0.15) is 16.1 Å². The van der Waals surface area contributed by atoms with Gasteiger partial charge < -0.3 is 4.90 Å². The van der Waals surface area contributed by atoms with Crippen LogP contribution in [0.4, 0.5) is 5.13 Å². The third-order valence-electron chi connectivity index (χ3n) is 3.59. The van der Waals surface area contributed by atoms with Gasteiger partial charge in [0.25, 0.3) is 5.91 Å². The van der Waals surface area contributed by atoms with E-state index in [2.05, 4.69) is 25.8 Å². The van der Waals surface area contributed by atoms with Gasteiger partial charge in [-0.1, -0.05) is 22.9 Å². The van der Waals surface area contributed by atoms with Gasteiger partial charge in [-0.3, -0.25) is 9.69 Å². The number of hydrogen-bond acceptors (Lipinski definition) is 5. The van der Waals surface area contributed by atoms with E-state index < -0.39 is 0 Å². The molecule has 1 amide bonds. The molecular weight excluding hydrogens is 442 g/mol. The number of amides is 1. The van der Waals surface area contributed by atoms with Crippen molar-refractivity contribution in [1.82, 2.24) is 9.88 Å². The summed E-state index contributed by atoms with van der Waals surface area (Å²) in [6.45, 7) is 1.54. The lowest BCUT2D eigenvalue weighted by atomic mass is 10.3. The number of rotatable bonds is 6. The zero-order valence-corrected chi connectivity index (χ0v) is 17.8. The molecule has 0 unspecified atom stereocenters. The Kier molecular flexibility index (Phi) is 6.12. The molecule has 2 aromatic heterocycles. The summed E-state index contributed by atoms with van der Waals surface area (Å²) in [6.07, 6.45) is 0.877. The highest BCUT2D eigenvalue weighted by Gasteiger charge is 2.22. The maximum Gasteiger partial charge on any atom is 0.270 e. The normalized spacial score (nSPS) is 11.4. The Balaban J connectivity index is 1.92. The van der Waals surface area contributed by atoms with Crippen molar-refractivity contribution in [2.75, 3.05) is 32.1 Å². The number of carbonyl (C=O) groups excluding carboxylic acids is 1. The van der Waals surface area contributed by atoms with Crippen molar-refractivity contribution in [1.29, 1.82) is 0 Å². The Morgan fingerprint density at radius 1 is 1.20 bits per heavy atom. The highest BCUT2D eigenvalue weighted by molar-refractivity contribution is 9.11. The monoisotopic (exact) mass is 457 g/mol. The van der Waals surface area contributed by atoms with Gasteiger partial charge in [-0.05, 0) is 73.3 Å². The number of fused-ring (bicyclic) bond motifs is 1. The molecule has 0 spiro atoms. The van der Waals surface area contributed by atoms with Gasteiger partial charge in [0.05, 0.1) is 18.9 Å². The van der Waals surface area contributed by atoms with Gasteiger partial charge in [0.15, 0.2) is 5.13 Å². The Hall–Kier alpha value is -0.990. The molecule has 4 nitrogen and oxygen atoms in total. The molecule has 0 saturated heterocycles. The van der Waals surface area contributed by atoms with Gasteiger partial charge in [0, 0.05) is 11.6 Å². The van der Waals surface area contributed by atoms with Crippen LogP contribution in [-0.4, -0.2) is 43.0 Å². The molecule has 0 bridgehead atoms. The molecule has 0 fully saturated rings. The minimum absolute atomic E-state index is 0.0143. The van der Waals surface area contributed by atoms with Crippen molar-refractivity contribution in [3.63, 3.8) is 0 Å². The minimum atomic E-state index is -0.0143. The quantitative estimate of drug-likeness (QED) is 0.498. The van der Waals surface area contributed by atoms with Gasteiger partial charge in [0.2, 0.25) is 0 Å². The highest BCUT2D eigenvalue weighted by Crippen LogP contribution is 2.33. The van der Waals surface area contributed by atoms with E-state index in [9.17, 15) is 4.79 Å². The molecule has 25 heavy (non-hydrogen) atoms. The average Bonchev–Trinajstić information content (AvgIpc) is 3.16. The lowest BCUT2D eigenvalue weighted by Gasteiger charge is -2.20. The van der Waals surface area contributed by atoms with Crippen LogP contribution in [-0.2, 0) is 0 Å². The molecule has 0 saturated carbocycles.